The Morgan fingerprint density at radius 1 is 1.14 bits per heavy atom. The van der Waals surface area contributed by atoms with Crippen molar-refractivity contribution >= 4 is 5.91 Å². The molecular weight excluding hydrogens is 281 g/mol. The summed E-state index contributed by atoms with van der Waals surface area (Å²) in [6.07, 6.45) is 2.17. The molecule has 3 nitrogen and oxygen atoms in total. The molecule has 0 bridgehead atoms. The first-order valence-electron chi connectivity index (χ1n) is 7.42. The van der Waals surface area contributed by atoms with Gasteiger partial charge in [-0.25, -0.2) is 4.39 Å². The third-order valence-corrected chi connectivity index (χ3v) is 3.78. The lowest BCUT2D eigenvalue weighted by Crippen LogP contribution is -2.11. The van der Waals surface area contributed by atoms with E-state index in [2.05, 4.69) is 13.8 Å². The first kappa shape index (κ1) is 16.0. The molecule has 4 heteroatoms. The minimum atomic E-state index is -0.667. The molecule has 0 aliphatic carbocycles. The summed E-state index contributed by atoms with van der Waals surface area (Å²) in [5.41, 5.74) is 6.48. The lowest BCUT2D eigenvalue weighted by atomic mass is 9.94. The fourth-order valence-electron chi connectivity index (χ4n) is 2.43. The molecule has 2 aromatic rings. The van der Waals surface area contributed by atoms with Crippen LogP contribution in [0.5, 0.6) is 11.5 Å². The van der Waals surface area contributed by atoms with E-state index in [1.54, 1.807) is 0 Å². The Morgan fingerprint density at radius 2 is 1.77 bits per heavy atom. The zero-order chi connectivity index (χ0) is 16.1. The molecule has 116 valence electrons. The van der Waals surface area contributed by atoms with Crippen LogP contribution in [0.1, 0.15) is 48.5 Å². The van der Waals surface area contributed by atoms with Crippen LogP contribution in [0.2, 0.25) is 0 Å². The van der Waals surface area contributed by atoms with E-state index in [1.165, 1.54) is 17.7 Å². The highest BCUT2D eigenvalue weighted by molar-refractivity contribution is 5.92. The minimum absolute atomic E-state index is 0.0697. The van der Waals surface area contributed by atoms with Gasteiger partial charge in [0.2, 0.25) is 5.91 Å². The van der Waals surface area contributed by atoms with Crippen LogP contribution in [-0.2, 0) is 0 Å². The molecule has 22 heavy (non-hydrogen) atoms. The van der Waals surface area contributed by atoms with Crippen molar-refractivity contribution < 1.29 is 13.9 Å². The quantitative estimate of drug-likeness (QED) is 0.846. The SMILES string of the molecule is CCC(CC)c1ccc(Oc2ccc(C(N)=O)cc2F)cc1. The molecule has 0 atom stereocenters. The number of hydrogen-bond donors (Lipinski definition) is 1. The van der Waals surface area contributed by atoms with Gasteiger partial charge < -0.3 is 10.5 Å². The van der Waals surface area contributed by atoms with E-state index in [9.17, 15) is 9.18 Å². The second-order valence-corrected chi connectivity index (χ2v) is 5.19. The zero-order valence-electron chi connectivity index (χ0n) is 12.8. The van der Waals surface area contributed by atoms with Gasteiger partial charge in [-0.05, 0) is 54.7 Å². The van der Waals surface area contributed by atoms with Crippen molar-refractivity contribution in [2.24, 2.45) is 5.73 Å². The number of amides is 1. The maximum Gasteiger partial charge on any atom is 0.248 e. The van der Waals surface area contributed by atoms with Crippen LogP contribution in [0.3, 0.4) is 0 Å². The van der Waals surface area contributed by atoms with Gasteiger partial charge in [-0.2, -0.15) is 0 Å². The maximum absolute atomic E-state index is 13.9. The van der Waals surface area contributed by atoms with E-state index in [0.29, 0.717) is 11.7 Å². The normalized spacial score (nSPS) is 10.7. The van der Waals surface area contributed by atoms with Crippen LogP contribution in [0.15, 0.2) is 42.5 Å². The number of nitrogens with two attached hydrogens (primary N) is 1. The Morgan fingerprint density at radius 3 is 2.27 bits per heavy atom. The molecule has 0 unspecified atom stereocenters. The molecule has 0 spiro atoms. The van der Waals surface area contributed by atoms with Crippen molar-refractivity contribution in [3.8, 4) is 11.5 Å². The average molecular weight is 301 g/mol. The fourth-order valence-corrected chi connectivity index (χ4v) is 2.43. The first-order chi connectivity index (χ1) is 10.5. The molecule has 1 amide bonds. The predicted molar refractivity (Wildman–Crippen MR) is 84.8 cm³/mol. The van der Waals surface area contributed by atoms with E-state index in [4.69, 9.17) is 10.5 Å². The minimum Gasteiger partial charge on any atom is -0.454 e. The van der Waals surface area contributed by atoms with Crippen molar-refractivity contribution in [1.29, 1.82) is 0 Å². The molecule has 2 aromatic carbocycles. The highest BCUT2D eigenvalue weighted by Gasteiger charge is 2.10. The summed E-state index contributed by atoms with van der Waals surface area (Å²) in [6.45, 7) is 4.32. The molecule has 0 fully saturated rings. The number of ether oxygens (including phenoxy) is 1. The number of carbonyl (C=O) groups excluding carboxylic acids is 1. The number of rotatable bonds is 6. The van der Waals surface area contributed by atoms with Crippen molar-refractivity contribution in [1.82, 2.24) is 0 Å². The van der Waals surface area contributed by atoms with Gasteiger partial charge in [0, 0.05) is 5.56 Å². The summed E-state index contributed by atoms with van der Waals surface area (Å²) in [4.78, 5) is 11.0. The lowest BCUT2D eigenvalue weighted by Gasteiger charge is -2.13. The van der Waals surface area contributed by atoms with Gasteiger partial charge >= 0.3 is 0 Å². The van der Waals surface area contributed by atoms with Crippen LogP contribution < -0.4 is 10.5 Å². The standard InChI is InChI=1S/C18H20FNO2/c1-3-12(4-2)13-5-8-15(9-6-13)22-17-10-7-14(18(20)21)11-16(17)19/h5-12H,3-4H2,1-2H3,(H2,20,21). The van der Waals surface area contributed by atoms with Crippen molar-refractivity contribution in [3.05, 3.63) is 59.4 Å². The largest absolute Gasteiger partial charge is 0.454 e. The molecule has 0 saturated carbocycles. The van der Waals surface area contributed by atoms with Crippen molar-refractivity contribution in [2.45, 2.75) is 32.6 Å². The highest BCUT2D eigenvalue weighted by atomic mass is 19.1. The topological polar surface area (TPSA) is 52.3 Å². The molecule has 0 heterocycles. The summed E-state index contributed by atoms with van der Waals surface area (Å²) in [5, 5.41) is 0. The summed E-state index contributed by atoms with van der Waals surface area (Å²) in [6, 6.07) is 11.6. The molecule has 0 radical (unpaired) electrons. The van der Waals surface area contributed by atoms with Gasteiger partial charge in [0.05, 0.1) is 0 Å². The Bertz CT molecular complexity index is 649. The smallest absolute Gasteiger partial charge is 0.248 e. The first-order valence-corrected chi connectivity index (χ1v) is 7.42. The number of benzene rings is 2. The average Bonchev–Trinajstić information content (AvgIpc) is 2.52. The molecule has 0 saturated heterocycles. The van der Waals surface area contributed by atoms with E-state index in [1.807, 2.05) is 24.3 Å². The number of halogens is 1. The monoisotopic (exact) mass is 301 g/mol. The third kappa shape index (κ3) is 3.64. The molecule has 0 aliphatic rings. The maximum atomic E-state index is 13.9. The van der Waals surface area contributed by atoms with Crippen LogP contribution in [0.4, 0.5) is 4.39 Å². The van der Waals surface area contributed by atoms with Gasteiger partial charge in [0.25, 0.3) is 0 Å². The van der Waals surface area contributed by atoms with E-state index < -0.39 is 11.7 Å². The van der Waals surface area contributed by atoms with Crippen molar-refractivity contribution in [3.63, 3.8) is 0 Å². The summed E-state index contributed by atoms with van der Waals surface area (Å²) >= 11 is 0. The molecule has 2 N–H and O–H groups in total. The fraction of sp³-hybridized carbons (Fsp3) is 0.278. The van der Waals surface area contributed by atoms with Gasteiger partial charge in [-0.15, -0.1) is 0 Å². The second-order valence-electron chi connectivity index (χ2n) is 5.19. The number of hydrogen-bond acceptors (Lipinski definition) is 2. The Balaban J connectivity index is 2.16. The van der Waals surface area contributed by atoms with Gasteiger partial charge in [0.1, 0.15) is 5.75 Å². The van der Waals surface area contributed by atoms with Crippen LogP contribution in [0, 0.1) is 5.82 Å². The number of primary amides is 1. The molecular formula is C18H20FNO2. The van der Waals surface area contributed by atoms with E-state index in [-0.39, 0.29) is 11.3 Å². The second kappa shape index (κ2) is 7.07. The van der Waals surface area contributed by atoms with Crippen LogP contribution in [0.25, 0.3) is 0 Å². The summed E-state index contributed by atoms with van der Waals surface area (Å²) in [5.74, 6) is -0.123. The van der Waals surface area contributed by atoms with Crippen molar-refractivity contribution in [2.75, 3.05) is 0 Å². The van der Waals surface area contributed by atoms with Gasteiger partial charge in [-0.3, -0.25) is 4.79 Å². The highest BCUT2D eigenvalue weighted by Crippen LogP contribution is 2.28. The molecule has 2 rings (SSSR count). The predicted octanol–water partition coefficient (Wildman–Crippen LogP) is 4.62. The Kier molecular flexibility index (Phi) is 5.15. The zero-order valence-corrected chi connectivity index (χ0v) is 12.8. The van der Waals surface area contributed by atoms with Gasteiger partial charge in [0.15, 0.2) is 11.6 Å². The van der Waals surface area contributed by atoms with Crippen LogP contribution in [-0.4, -0.2) is 5.91 Å². The number of carbonyl (C=O) groups is 1. The molecule has 0 aliphatic heterocycles. The lowest BCUT2D eigenvalue weighted by molar-refractivity contribution is 0.1000. The van der Waals surface area contributed by atoms with Gasteiger partial charge in [-0.1, -0.05) is 26.0 Å². The summed E-state index contributed by atoms with van der Waals surface area (Å²) in [7, 11) is 0. The molecule has 0 aromatic heterocycles. The van der Waals surface area contributed by atoms with E-state index in [0.717, 1.165) is 18.9 Å². The van der Waals surface area contributed by atoms with Crippen LogP contribution >= 0.6 is 0 Å². The third-order valence-electron chi connectivity index (χ3n) is 3.78. The Labute approximate surface area is 129 Å². The Hall–Kier alpha value is -2.36. The van der Waals surface area contributed by atoms with E-state index >= 15 is 0 Å². The summed E-state index contributed by atoms with van der Waals surface area (Å²) < 4.78 is 19.4.